The van der Waals surface area contributed by atoms with Crippen LogP contribution in [0.3, 0.4) is 0 Å². The Morgan fingerprint density at radius 2 is 1.94 bits per heavy atom. The number of ether oxygens (including phenoxy) is 2. The summed E-state index contributed by atoms with van der Waals surface area (Å²) in [5, 5.41) is 10.9. The molecule has 168 valence electrons. The number of anilines is 2. The van der Waals surface area contributed by atoms with Gasteiger partial charge in [0.25, 0.3) is 0 Å². The van der Waals surface area contributed by atoms with Crippen molar-refractivity contribution in [3.05, 3.63) is 48.3 Å². The summed E-state index contributed by atoms with van der Waals surface area (Å²) in [5.74, 6) is 0.459. The summed E-state index contributed by atoms with van der Waals surface area (Å²) < 4.78 is 24.3. The molecule has 2 aromatic rings. The molecular formula is C21H22FN5O4S. The highest BCUT2D eigenvalue weighted by Crippen LogP contribution is 2.33. The van der Waals surface area contributed by atoms with Crippen LogP contribution in [0.4, 0.5) is 15.8 Å². The van der Waals surface area contributed by atoms with Crippen LogP contribution in [0.2, 0.25) is 0 Å². The van der Waals surface area contributed by atoms with E-state index in [9.17, 15) is 14.0 Å². The number of benzene rings is 2. The van der Waals surface area contributed by atoms with Crippen molar-refractivity contribution < 1.29 is 23.5 Å². The lowest BCUT2D eigenvalue weighted by Crippen LogP contribution is -2.63. The first-order valence-corrected chi connectivity index (χ1v) is 11.3. The van der Waals surface area contributed by atoms with E-state index in [2.05, 4.69) is 21.4 Å². The van der Waals surface area contributed by atoms with Gasteiger partial charge in [-0.2, -0.15) is 0 Å². The normalized spacial score (nSPS) is 24.0. The molecule has 5 rings (SSSR count). The quantitative estimate of drug-likeness (QED) is 0.530. The van der Waals surface area contributed by atoms with Crippen LogP contribution in [0.25, 0.3) is 0 Å². The monoisotopic (exact) mass is 459 g/mol. The maximum absolute atomic E-state index is 13.3. The Morgan fingerprint density at radius 3 is 2.75 bits per heavy atom. The first-order chi connectivity index (χ1) is 15.6. The number of rotatable bonds is 5. The molecule has 2 amide bonds. The molecule has 3 aliphatic heterocycles. The third-order valence-electron chi connectivity index (χ3n) is 5.38. The van der Waals surface area contributed by atoms with Crippen LogP contribution in [0, 0.1) is 11.7 Å². The highest BCUT2D eigenvalue weighted by atomic mass is 32.2. The number of carbonyl (C=O) groups is 2. The van der Waals surface area contributed by atoms with E-state index >= 15 is 0 Å². The molecule has 9 nitrogen and oxygen atoms in total. The fraction of sp³-hybridized carbons (Fsp3) is 0.333. The van der Waals surface area contributed by atoms with Gasteiger partial charge in [-0.05, 0) is 36.4 Å². The Hall–Kier alpha value is -3.02. The molecule has 11 heteroatoms. The smallest absolute Gasteiger partial charge is 0.234 e. The van der Waals surface area contributed by atoms with Gasteiger partial charge in [0.2, 0.25) is 11.8 Å². The predicted molar refractivity (Wildman–Crippen MR) is 118 cm³/mol. The molecular weight excluding hydrogens is 437 g/mol. The van der Waals surface area contributed by atoms with E-state index in [-0.39, 0.29) is 35.5 Å². The zero-order valence-electron chi connectivity index (χ0n) is 17.0. The van der Waals surface area contributed by atoms with Crippen molar-refractivity contribution in [1.29, 1.82) is 0 Å². The molecule has 3 heterocycles. The standard InChI is InChI=1S/C21H22FN5O4S/c22-12-1-4-14(5-2-12)27-19-15(10-23-27)20(29)26-21(25-19)32-11-18(28)24-13-3-6-16-17(9-13)31-8-7-30-16/h1-6,9,15,19,21,23,25H,7-8,10-11H2,(H,24,28)(H,26,29). The summed E-state index contributed by atoms with van der Waals surface area (Å²) in [5.41, 5.74) is 4.10. The largest absolute Gasteiger partial charge is 0.486 e. The number of nitrogens with zero attached hydrogens (tertiary/aromatic N) is 1. The van der Waals surface area contributed by atoms with Gasteiger partial charge in [-0.1, -0.05) is 0 Å². The van der Waals surface area contributed by atoms with Crippen LogP contribution < -0.4 is 35.9 Å². The number of hydrazine groups is 1. The second-order valence-corrected chi connectivity index (χ2v) is 8.63. The van der Waals surface area contributed by atoms with Crippen molar-refractivity contribution >= 4 is 35.0 Å². The maximum atomic E-state index is 13.3. The van der Waals surface area contributed by atoms with E-state index in [1.165, 1.54) is 23.9 Å². The van der Waals surface area contributed by atoms with E-state index < -0.39 is 5.50 Å². The predicted octanol–water partition coefficient (Wildman–Crippen LogP) is 1.24. The van der Waals surface area contributed by atoms with Crippen molar-refractivity contribution in [1.82, 2.24) is 16.1 Å². The summed E-state index contributed by atoms with van der Waals surface area (Å²) in [6.45, 7) is 1.44. The van der Waals surface area contributed by atoms with E-state index in [1.54, 1.807) is 30.3 Å². The summed E-state index contributed by atoms with van der Waals surface area (Å²) in [6.07, 6.45) is -0.312. The Balaban J connectivity index is 1.18. The van der Waals surface area contributed by atoms with Crippen LogP contribution >= 0.6 is 11.8 Å². The first-order valence-electron chi connectivity index (χ1n) is 10.2. The molecule has 2 saturated heterocycles. The fourth-order valence-corrected chi connectivity index (χ4v) is 4.69. The average Bonchev–Trinajstić information content (AvgIpc) is 3.23. The van der Waals surface area contributed by atoms with Gasteiger partial charge >= 0.3 is 0 Å². The molecule has 0 aliphatic carbocycles. The van der Waals surface area contributed by atoms with Crippen LogP contribution in [0.1, 0.15) is 0 Å². The number of thioether (sulfide) groups is 1. The van der Waals surface area contributed by atoms with Gasteiger partial charge in [0, 0.05) is 18.3 Å². The number of hydrogen-bond acceptors (Lipinski definition) is 8. The van der Waals surface area contributed by atoms with Crippen molar-refractivity contribution in [3.63, 3.8) is 0 Å². The topological polar surface area (TPSA) is 104 Å². The van der Waals surface area contributed by atoms with Gasteiger partial charge in [0.15, 0.2) is 11.5 Å². The van der Waals surface area contributed by atoms with Crippen molar-refractivity contribution in [2.24, 2.45) is 5.92 Å². The third kappa shape index (κ3) is 4.31. The van der Waals surface area contributed by atoms with Crippen molar-refractivity contribution in [2.45, 2.75) is 11.7 Å². The van der Waals surface area contributed by atoms with Crippen LogP contribution in [0.5, 0.6) is 11.5 Å². The molecule has 2 aromatic carbocycles. The molecule has 3 atom stereocenters. The van der Waals surface area contributed by atoms with Crippen LogP contribution in [-0.2, 0) is 9.59 Å². The van der Waals surface area contributed by atoms with E-state index in [0.29, 0.717) is 36.9 Å². The summed E-state index contributed by atoms with van der Waals surface area (Å²) in [4.78, 5) is 25.0. The van der Waals surface area contributed by atoms with Crippen molar-refractivity contribution in [2.75, 3.05) is 35.8 Å². The maximum Gasteiger partial charge on any atom is 0.234 e. The molecule has 0 spiro atoms. The van der Waals surface area contributed by atoms with Crippen LogP contribution in [-0.4, -0.2) is 49.0 Å². The second-order valence-electron chi connectivity index (χ2n) is 7.53. The summed E-state index contributed by atoms with van der Waals surface area (Å²) >= 11 is 1.28. The molecule has 0 bridgehead atoms. The molecule has 0 saturated carbocycles. The lowest BCUT2D eigenvalue weighted by molar-refractivity contribution is -0.127. The molecule has 0 aromatic heterocycles. The highest BCUT2D eigenvalue weighted by Gasteiger charge is 2.44. The lowest BCUT2D eigenvalue weighted by Gasteiger charge is -2.37. The van der Waals surface area contributed by atoms with E-state index in [1.807, 2.05) is 5.01 Å². The average molecular weight is 460 g/mol. The van der Waals surface area contributed by atoms with E-state index in [4.69, 9.17) is 9.47 Å². The number of carbonyl (C=O) groups excluding carboxylic acids is 2. The highest BCUT2D eigenvalue weighted by molar-refractivity contribution is 8.00. The first kappa shape index (κ1) is 20.9. The third-order valence-corrected chi connectivity index (χ3v) is 6.40. The van der Waals surface area contributed by atoms with Gasteiger partial charge in [-0.15, -0.1) is 11.8 Å². The molecule has 3 unspecified atom stereocenters. The second kappa shape index (κ2) is 8.85. The Kier molecular flexibility index (Phi) is 5.77. The molecule has 0 radical (unpaired) electrons. The zero-order chi connectivity index (χ0) is 22.1. The number of halogens is 1. The summed E-state index contributed by atoms with van der Waals surface area (Å²) in [6, 6.07) is 11.3. The van der Waals surface area contributed by atoms with Gasteiger partial charge < -0.3 is 20.1 Å². The van der Waals surface area contributed by atoms with Crippen LogP contribution in [0.15, 0.2) is 42.5 Å². The Morgan fingerprint density at radius 1 is 1.16 bits per heavy atom. The van der Waals surface area contributed by atoms with E-state index in [0.717, 1.165) is 5.69 Å². The minimum Gasteiger partial charge on any atom is -0.486 e. The number of amides is 2. The fourth-order valence-electron chi connectivity index (χ4n) is 3.87. The molecule has 2 fully saturated rings. The number of hydrogen-bond donors (Lipinski definition) is 4. The van der Waals surface area contributed by atoms with Gasteiger partial charge in [0.05, 0.1) is 17.4 Å². The van der Waals surface area contributed by atoms with Gasteiger partial charge in [-0.3, -0.25) is 19.9 Å². The zero-order valence-corrected chi connectivity index (χ0v) is 17.8. The SMILES string of the molecule is O=C(CSC1NC(=O)C2CNN(c3ccc(F)cc3)C2N1)Nc1ccc2c(c1)OCCO2. The molecule has 4 N–H and O–H groups in total. The molecule has 3 aliphatic rings. The number of fused-ring (bicyclic) bond motifs is 2. The Bertz CT molecular complexity index is 1020. The lowest BCUT2D eigenvalue weighted by atomic mass is 10.1. The van der Waals surface area contributed by atoms with Gasteiger partial charge in [-0.25, -0.2) is 9.82 Å². The van der Waals surface area contributed by atoms with Gasteiger partial charge in [0.1, 0.15) is 30.7 Å². The minimum atomic E-state index is -0.447. The number of nitrogens with one attached hydrogen (secondary N) is 4. The summed E-state index contributed by atoms with van der Waals surface area (Å²) in [7, 11) is 0. The molecule has 32 heavy (non-hydrogen) atoms. The minimum absolute atomic E-state index is 0.101. The van der Waals surface area contributed by atoms with Crippen molar-refractivity contribution in [3.8, 4) is 11.5 Å². The Labute approximate surface area is 188 Å².